The minimum Gasteiger partial charge on any atom is -0.439 e. The van der Waals surface area contributed by atoms with Crippen LogP contribution >= 0.6 is 0 Å². The summed E-state index contributed by atoms with van der Waals surface area (Å²) in [5.74, 6) is 0.963. The lowest BCUT2D eigenvalue weighted by Gasteiger charge is -2.07. The van der Waals surface area contributed by atoms with Crippen LogP contribution in [0.3, 0.4) is 0 Å². The van der Waals surface area contributed by atoms with E-state index in [2.05, 4.69) is 11.1 Å². The Bertz CT molecular complexity index is 603. The van der Waals surface area contributed by atoms with Gasteiger partial charge in [-0.2, -0.15) is 5.26 Å². The highest BCUT2D eigenvalue weighted by Gasteiger charge is 2.03. The topological polar surface area (TPSA) is 66.1 Å². The zero-order valence-electron chi connectivity index (χ0n) is 9.92. The van der Waals surface area contributed by atoms with Crippen LogP contribution in [0.1, 0.15) is 16.8 Å². The van der Waals surface area contributed by atoms with Crippen LogP contribution in [-0.2, 0) is 6.61 Å². The molecule has 0 aliphatic carbocycles. The van der Waals surface area contributed by atoms with Gasteiger partial charge in [0.05, 0.1) is 18.2 Å². The maximum absolute atomic E-state index is 9.04. The summed E-state index contributed by atoms with van der Waals surface area (Å²) in [6.45, 7) is 1.76. The molecule has 1 N–H and O–H groups in total. The van der Waals surface area contributed by atoms with Crippen molar-refractivity contribution in [1.82, 2.24) is 4.98 Å². The van der Waals surface area contributed by atoms with Gasteiger partial charge in [-0.15, -0.1) is 0 Å². The summed E-state index contributed by atoms with van der Waals surface area (Å²) in [5.41, 5.74) is 2.00. The van der Waals surface area contributed by atoms with Gasteiger partial charge in [-0.1, -0.05) is 12.1 Å². The zero-order chi connectivity index (χ0) is 13.0. The lowest BCUT2D eigenvalue weighted by Crippen LogP contribution is -1.92. The van der Waals surface area contributed by atoms with E-state index in [1.54, 1.807) is 43.3 Å². The van der Waals surface area contributed by atoms with Crippen LogP contribution in [0.25, 0.3) is 0 Å². The van der Waals surface area contributed by atoms with E-state index in [1.807, 2.05) is 0 Å². The molecule has 0 aliphatic heterocycles. The first-order valence-corrected chi connectivity index (χ1v) is 5.47. The van der Waals surface area contributed by atoms with Gasteiger partial charge in [-0.25, -0.2) is 4.98 Å². The number of ether oxygens (including phenoxy) is 1. The van der Waals surface area contributed by atoms with E-state index in [0.717, 1.165) is 11.3 Å². The van der Waals surface area contributed by atoms with Gasteiger partial charge in [-0.05, 0) is 30.7 Å². The first kappa shape index (κ1) is 12.1. The molecule has 0 saturated heterocycles. The van der Waals surface area contributed by atoms with Gasteiger partial charge in [0.2, 0.25) is 5.88 Å². The molecule has 0 unspecified atom stereocenters. The smallest absolute Gasteiger partial charge is 0.220 e. The molecule has 0 fully saturated rings. The summed E-state index contributed by atoms with van der Waals surface area (Å²) in [6.07, 6.45) is 0. The molecule has 0 amide bonds. The van der Waals surface area contributed by atoms with Crippen LogP contribution in [0.2, 0.25) is 0 Å². The second-order valence-electron chi connectivity index (χ2n) is 3.85. The van der Waals surface area contributed by atoms with Crippen LogP contribution < -0.4 is 4.74 Å². The van der Waals surface area contributed by atoms with Gasteiger partial charge < -0.3 is 9.84 Å². The van der Waals surface area contributed by atoms with Gasteiger partial charge in [-0.3, -0.25) is 0 Å². The predicted octanol–water partition coefficient (Wildman–Crippen LogP) is 2.55. The quantitative estimate of drug-likeness (QED) is 0.895. The Morgan fingerprint density at radius 1 is 1.33 bits per heavy atom. The van der Waals surface area contributed by atoms with E-state index < -0.39 is 0 Å². The first-order valence-electron chi connectivity index (χ1n) is 5.47. The largest absolute Gasteiger partial charge is 0.439 e. The molecule has 18 heavy (non-hydrogen) atoms. The Morgan fingerprint density at radius 2 is 2.17 bits per heavy atom. The van der Waals surface area contributed by atoms with E-state index in [1.165, 1.54) is 0 Å². The molecule has 1 heterocycles. The Hall–Kier alpha value is -2.38. The minimum atomic E-state index is -0.0398. The molecule has 0 spiro atoms. The van der Waals surface area contributed by atoms with E-state index >= 15 is 0 Å². The van der Waals surface area contributed by atoms with Crippen molar-refractivity contribution in [3.63, 3.8) is 0 Å². The third-order valence-electron chi connectivity index (χ3n) is 2.36. The van der Waals surface area contributed by atoms with Crippen molar-refractivity contribution in [2.75, 3.05) is 0 Å². The molecule has 0 radical (unpaired) electrons. The standard InChI is InChI=1S/C14H12N2O2/c1-10-5-12(8-15)7-14(16-10)18-13-4-2-3-11(6-13)9-17/h2-7,17H,9H2,1H3. The Morgan fingerprint density at radius 3 is 2.89 bits per heavy atom. The zero-order valence-corrected chi connectivity index (χ0v) is 9.92. The summed E-state index contributed by atoms with van der Waals surface area (Å²) in [5, 5.41) is 17.9. The number of nitriles is 1. The molecule has 0 aliphatic rings. The number of rotatable bonds is 3. The second kappa shape index (κ2) is 5.30. The van der Waals surface area contributed by atoms with Crippen LogP contribution in [0.5, 0.6) is 11.6 Å². The normalized spacial score (nSPS) is 9.83. The van der Waals surface area contributed by atoms with Gasteiger partial charge in [0.15, 0.2) is 0 Å². The minimum absolute atomic E-state index is 0.0398. The van der Waals surface area contributed by atoms with Crippen LogP contribution in [-0.4, -0.2) is 10.1 Å². The van der Waals surface area contributed by atoms with Crippen molar-refractivity contribution in [1.29, 1.82) is 5.26 Å². The molecular weight excluding hydrogens is 228 g/mol. The third kappa shape index (κ3) is 2.84. The van der Waals surface area contributed by atoms with Crippen LogP contribution in [0, 0.1) is 18.3 Å². The Balaban J connectivity index is 2.28. The van der Waals surface area contributed by atoms with E-state index in [-0.39, 0.29) is 6.61 Å². The number of aromatic nitrogens is 1. The molecule has 1 aromatic heterocycles. The predicted molar refractivity (Wildman–Crippen MR) is 66.1 cm³/mol. The van der Waals surface area contributed by atoms with E-state index in [4.69, 9.17) is 15.1 Å². The fourth-order valence-corrected chi connectivity index (χ4v) is 1.58. The van der Waals surface area contributed by atoms with Crippen molar-refractivity contribution >= 4 is 0 Å². The van der Waals surface area contributed by atoms with Crippen molar-refractivity contribution in [2.24, 2.45) is 0 Å². The van der Waals surface area contributed by atoms with Gasteiger partial charge in [0, 0.05) is 11.8 Å². The van der Waals surface area contributed by atoms with Crippen LogP contribution in [0.4, 0.5) is 0 Å². The van der Waals surface area contributed by atoms with Gasteiger partial charge in [0.25, 0.3) is 0 Å². The summed E-state index contributed by atoms with van der Waals surface area (Å²) >= 11 is 0. The average molecular weight is 240 g/mol. The highest BCUT2D eigenvalue weighted by atomic mass is 16.5. The number of aryl methyl sites for hydroxylation is 1. The highest BCUT2D eigenvalue weighted by molar-refractivity contribution is 5.37. The van der Waals surface area contributed by atoms with Gasteiger partial charge >= 0.3 is 0 Å². The molecule has 2 rings (SSSR count). The fraction of sp³-hybridized carbons (Fsp3) is 0.143. The third-order valence-corrected chi connectivity index (χ3v) is 2.36. The number of aliphatic hydroxyl groups excluding tert-OH is 1. The average Bonchev–Trinajstić information content (AvgIpc) is 2.38. The second-order valence-corrected chi connectivity index (χ2v) is 3.85. The highest BCUT2D eigenvalue weighted by Crippen LogP contribution is 2.21. The lowest BCUT2D eigenvalue weighted by atomic mass is 10.2. The number of pyridine rings is 1. The van der Waals surface area contributed by atoms with Crippen molar-refractivity contribution in [3.05, 3.63) is 53.2 Å². The molecule has 0 atom stereocenters. The van der Waals surface area contributed by atoms with Crippen molar-refractivity contribution in [2.45, 2.75) is 13.5 Å². The monoisotopic (exact) mass is 240 g/mol. The molecule has 0 saturated carbocycles. The number of hydrogen-bond acceptors (Lipinski definition) is 4. The summed E-state index contributed by atoms with van der Waals surface area (Å²) in [4.78, 5) is 4.20. The Kier molecular flexibility index (Phi) is 3.56. The molecule has 4 nitrogen and oxygen atoms in total. The molecule has 1 aromatic carbocycles. The molecular formula is C14H12N2O2. The molecule has 4 heteroatoms. The summed E-state index contributed by atoms with van der Waals surface area (Å²) in [7, 11) is 0. The summed E-state index contributed by atoms with van der Waals surface area (Å²) in [6, 6.07) is 12.4. The van der Waals surface area contributed by atoms with Gasteiger partial charge in [0.1, 0.15) is 5.75 Å². The number of nitrogens with zero attached hydrogens (tertiary/aromatic N) is 2. The SMILES string of the molecule is Cc1cc(C#N)cc(Oc2cccc(CO)c2)n1. The van der Waals surface area contributed by atoms with Crippen molar-refractivity contribution in [3.8, 4) is 17.7 Å². The fourth-order valence-electron chi connectivity index (χ4n) is 1.58. The van der Waals surface area contributed by atoms with E-state index in [0.29, 0.717) is 17.2 Å². The van der Waals surface area contributed by atoms with E-state index in [9.17, 15) is 0 Å². The van der Waals surface area contributed by atoms with Crippen molar-refractivity contribution < 1.29 is 9.84 Å². The van der Waals surface area contributed by atoms with Crippen LogP contribution in [0.15, 0.2) is 36.4 Å². The Labute approximate surface area is 105 Å². The lowest BCUT2D eigenvalue weighted by molar-refractivity contribution is 0.281. The molecule has 0 bridgehead atoms. The maximum atomic E-state index is 9.04. The maximum Gasteiger partial charge on any atom is 0.220 e. The number of benzene rings is 1. The molecule has 90 valence electrons. The first-order chi connectivity index (χ1) is 8.71. The summed E-state index contributed by atoms with van der Waals surface area (Å²) < 4.78 is 5.57. The molecule has 2 aromatic rings. The number of hydrogen-bond donors (Lipinski definition) is 1. The number of aliphatic hydroxyl groups is 1.